The first kappa shape index (κ1) is 29.1. The summed E-state index contributed by atoms with van der Waals surface area (Å²) in [6.07, 6.45) is 0.893. The van der Waals surface area contributed by atoms with Gasteiger partial charge in [0.15, 0.2) is 0 Å². The molecular formula is C27H33N3O7. The Morgan fingerprint density at radius 2 is 1.86 bits per heavy atom. The summed E-state index contributed by atoms with van der Waals surface area (Å²) in [7, 11) is 0. The van der Waals surface area contributed by atoms with E-state index in [0.29, 0.717) is 18.1 Å². The molecule has 0 saturated carbocycles. The highest BCUT2D eigenvalue weighted by Crippen LogP contribution is 2.30. The van der Waals surface area contributed by atoms with E-state index in [-0.39, 0.29) is 42.7 Å². The van der Waals surface area contributed by atoms with Crippen LogP contribution >= 0.6 is 0 Å². The number of amides is 2. The van der Waals surface area contributed by atoms with Gasteiger partial charge in [-0.25, -0.2) is 9.69 Å². The van der Waals surface area contributed by atoms with E-state index in [9.17, 15) is 14.7 Å². The first-order valence-corrected chi connectivity index (χ1v) is 11.6. The maximum Gasteiger partial charge on any atom is 0.416 e. The van der Waals surface area contributed by atoms with Crippen LogP contribution in [0, 0.1) is 0 Å². The Balaban J connectivity index is 0.000000617. The third kappa shape index (κ3) is 9.77. The molecule has 37 heavy (non-hydrogen) atoms. The first-order valence-electron chi connectivity index (χ1n) is 11.6. The van der Waals surface area contributed by atoms with Crippen molar-refractivity contribution in [1.82, 2.24) is 10.1 Å². The van der Waals surface area contributed by atoms with E-state index in [1.165, 1.54) is 6.26 Å². The summed E-state index contributed by atoms with van der Waals surface area (Å²) in [5, 5.41) is 13.5. The Labute approximate surface area is 216 Å². The van der Waals surface area contributed by atoms with Crippen LogP contribution in [0.4, 0.5) is 4.79 Å². The summed E-state index contributed by atoms with van der Waals surface area (Å²) in [6, 6.07) is 15.9. The standard InChI is InChI=1S/C22H20N2O6.C4H11N.CH2O/c25-17-3-1-2-15(12-17)14-29-18-6-4-16(5-7-18)19(20-8-10-30-23-20)13-21(26)24-9-11-28-22(24)27;1-4(2,3)5;1-2/h1-8,10,12,19,25H,9,11,13-14H2;5H2,1-3H3;1H2. The predicted molar refractivity (Wildman–Crippen MR) is 136 cm³/mol. The molecule has 198 valence electrons. The van der Waals surface area contributed by atoms with Gasteiger partial charge in [-0.15, -0.1) is 0 Å². The minimum atomic E-state index is -0.616. The molecule has 1 fully saturated rings. The van der Waals surface area contributed by atoms with Crippen molar-refractivity contribution in [1.29, 1.82) is 0 Å². The number of hydrogen-bond acceptors (Lipinski definition) is 9. The zero-order valence-electron chi connectivity index (χ0n) is 21.3. The Morgan fingerprint density at radius 3 is 2.41 bits per heavy atom. The molecule has 1 saturated heterocycles. The van der Waals surface area contributed by atoms with Crippen molar-refractivity contribution in [3.8, 4) is 11.5 Å². The highest BCUT2D eigenvalue weighted by atomic mass is 16.6. The third-order valence-electron chi connectivity index (χ3n) is 4.85. The first-order chi connectivity index (χ1) is 17.6. The smallest absolute Gasteiger partial charge is 0.416 e. The van der Waals surface area contributed by atoms with Gasteiger partial charge in [0.05, 0.1) is 12.2 Å². The van der Waals surface area contributed by atoms with Crippen molar-refractivity contribution in [2.75, 3.05) is 13.2 Å². The number of ether oxygens (including phenoxy) is 2. The summed E-state index contributed by atoms with van der Waals surface area (Å²) >= 11 is 0. The van der Waals surface area contributed by atoms with Crippen molar-refractivity contribution in [2.45, 2.75) is 45.3 Å². The molecule has 1 aliphatic heterocycles. The lowest BCUT2D eigenvalue weighted by Gasteiger charge is -2.18. The van der Waals surface area contributed by atoms with Crippen LogP contribution in [-0.4, -0.2) is 52.6 Å². The number of rotatable bonds is 7. The Morgan fingerprint density at radius 1 is 1.19 bits per heavy atom. The lowest BCUT2D eigenvalue weighted by molar-refractivity contribution is -0.128. The Hall–Kier alpha value is -4.18. The van der Waals surface area contributed by atoms with Crippen molar-refractivity contribution in [3.63, 3.8) is 0 Å². The maximum atomic E-state index is 12.6. The third-order valence-corrected chi connectivity index (χ3v) is 4.85. The minimum Gasteiger partial charge on any atom is -0.508 e. The average Bonchev–Trinajstić information content (AvgIpc) is 3.54. The fraction of sp³-hybridized carbons (Fsp3) is 0.333. The number of carbonyl (C=O) groups excluding carboxylic acids is 3. The Kier molecular flexibility index (Phi) is 10.8. The SMILES string of the molecule is C=O.CC(C)(C)N.O=C(CC(c1ccc(OCc2cccc(O)c2)cc1)c1ccon1)N1CCOC1=O. The molecule has 2 aromatic carbocycles. The highest BCUT2D eigenvalue weighted by Gasteiger charge is 2.31. The summed E-state index contributed by atoms with van der Waals surface area (Å²) in [5.41, 5.74) is 7.65. The lowest BCUT2D eigenvalue weighted by Crippen LogP contribution is -2.32. The van der Waals surface area contributed by atoms with Crippen molar-refractivity contribution < 1.29 is 33.5 Å². The van der Waals surface area contributed by atoms with E-state index in [4.69, 9.17) is 24.5 Å². The molecule has 1 aromatic heterocycles. The molecule has 0 aliphatic carbocycles. The van der Waals surface area contributed by atoms with Gasteiger partial charge >= 0.3 is 6.09 Å². The second-order valence-electron chi connectivity index (χ2n) is 9.23. The molecule has 1 atom stereocenters. The molecule has 3 N–H and O–H groups in total. The normalized spacial score (nSPS) is 13.4. The summed E-state index contributed by atoms with van der Waals surface area (Å²) in [6.45, 7) is 8.68. The minimum absolute atomic E-state index is 0. The fourth-order valence-electron chi connectivity index (χ4n) is 3.31. The van der Waals surface area contributed by atoms with Crippen LogP contribution in [0.15, 0.2) is 65.4 Å². The highest BCUT2D eigenvalue weighted by molar-refractivity contribution is 5.93. The van der Waals surface area contributed by atoms with Gasteiger partial charge in [0.25, 0.3) is 0 Å². The van der Waals surface area contributed by atoms with Gasteiger partial charge in [-0.05, 0) is 56.2 Å². The molecule has 0 radical (unpaired) electrons. The number of nitrogens with two attached hydrogens (primary N) is 1. The van der Waals surface area contributed by atoms with Gasteiger partial charge in [0.1, 0.15) is 37.8 Å². The molecule has 4 rings (SSSR count). The number of benzene rings is 2. The van der Waals surface area contributed by atoms with Gasteiger partial charge in [-0.2, -0.15) is 0 Å². The van der Waals surface area contributed by atoms with E-state index >= 15 is 0 Å². The summed E-state index contributed by atoms with van der Waals surface area (Å²) < 4.78 is 15.6. The van der Waals surface area contributed by atoms with Crippen molar-refractivity contribution in [2.24, 2.45) is 5.73 Å². The molecule has 1 aliphatic rings. The molecule has 2 amide bonds. The van der Waals surface area contributed by atoms with Gasteiger partial charge in [0.2, 0.25) is 5.91 Å². The second kappa shape index (κ2) is 13.8. The van der Waals surface area contributed by atoms with Crippen LogP contribution in [0.25, 0.3) is 0 Å². The number of cyclic esters (lactones) is 1. The summed E-state index contributed by atoms with van der Waals surface area (Å²) in [5.74, 6) is 0.142. The topological polar surface area (TPSA) is 145 Å². The van der Waals surface area contributed by atoms with Crippen LogP contribution in [0.1, 0.15) is 49.9 Å². The van der Waals surface area contributed by atoms with E-state index in [2.05, 4.69) is 5.16 Å². The number of carbonyl (C=O) groups is 3. The van der Waals surface area contributed by atoms with Gasteiger partial charge < -0.3 is 29.6 Å². The number of hydrogen-bond donors (Lipinski definition) is 2. The van der Waals surface area contributed by atoms with Crippen LogP contribution < -0.4 is 10.5 Å². The average molecular weight is 512 g/mol. The molecule has 2 heterocycles. The number of nitrogens with zero attached hydrogens (tertiary/aromatic N) is 2. The van der Waals surface area contributed by atoms with Gasteiger partial charge in [-0.3, -0.25) is 4.79 Å². The number of imide groups is 1. The summed E-state index contributed by atoms with van der Waals surface area (Å²) in [4.78, 5) is 33.4. The molecule has 3 aromatic rings. The zero-order chi connectivity index (χ0) is 27.4. The molecule has 10 nitrogen and oxygen atoms in total. The molecule has 0 spiro atoms. The maximum absolute atomic E-state index is 12.6. The van der Waals surface area contributed by atoms with Gasteiger partial charge in [0, 0.05) is 23.9 Å². The molecular weight excluding hydrogens is 478 g/mol. The second-order valence-corrected chi connectivity index (χ2v) is 9.23. The van der Waals surface area contributed by atoms with Crippen LogP contribution in [0.3, 0.4) is 0 Å². The number of phenolic OH excluding ortho intramolecular Hbond substituents is 1. The largest absolute Gasteiger partial charge is 0.508 e. The van der Waals surface area contributed by atoms with Crippen molar-refractivity contribution >= 4 is 18.8 Å². The van der Waals surface area contributed by atoms with Crippen LogP contribution in [0.5, 0.6) is 11.5 Å². The van der Waals surface area contributed by atoms with E-state index in [0.717, 1.165) is 16.0 Å². The monoisotopic (exact) mass is 511 g/mol. The van der Waals surface area contributed by atoms with Crippen LogP contribution in [-0.2, 0) is 20.9 Å². The number of phenols is 1. The molecule has 0 bridgehead atoms. The van der Waals surface area contributed by atoms with E-state index in [1.807, 2.05) is 45.8 Å². The fourth-order valence-corrected chi connectivity index (χ4v) is 3.31. The predicted octanol–water partition coefficient (Wildman–Crippen LogP) is 4.02. The van der Waals surface area contributed by atoms with Gasteiger partial charge in [-0.1, -0.05) is 29.4 Å². The van der Waals surface area contributed by atoms with Crippen molar-refractivity contribution in [3.05, 3.63) is 77.7 Å². The van der Waals surface area contributed by atoms with Crippen LogP contribution in [0.2, 0.25) is 0 Å². The molecule has 1 unspecified atom stereocenters. The van der Waals surface area contributed by atoms with E-state index < -0.39 is 6.09 Å². The number of aromatic nitrogens is 1. The molecule has 10 heteroatoms. The Bertz CT molecular complexity index is 1120. The quantitative estimate of drug-likeness (QED) is 0.480. The van der Waals surface area contributed by atoms with E-state index in [1.54, 1.807) is 36.4 Å². The number of aromatic hydroxyl groups is 1. The zero-order valence-corrected chi connectivity index (χ0v) is 21.3. The lowest BCUT2D eigenvalue weighted by atomic mass is 9.92.